The van der Waals surface area contributed by atoms with Gasteiger partial charge in [0.05, 0.1) is 0 Å². The van der Waals surface area contributed by atoms with Gasteiger partial charge >= 0.3 is 0 Å². The van der Waals surface area contributed by atoms with Gasteiger partial charge in [-0.05, 0) is 5.92 Å². The molecule has 0 radical (unpaired) electrons. The molecule has 1 N–H and O–H groups in total. The molecule has 2 aromatic heterocycles. The van der Waals surface area contributed by atoms with Crippen molar-refractivity contribution in [1.82, 2.24) is 14.7 Å². The van der Waals surface area contributed by atoms with Gasteiger partial charge < -0.3 is 5.32 Å². The fourth-order valence-electron chi connectivity index (χ4n) is 1.96. The van der Waals surface area contributed by atoms with Crippen LogP contribution in [0.2, 0.25) is 0 Å². The summed E-state index contributed by atoms with van der Waals surface area (Å²) < 4.78 is 1.55. The summed E-state index contributed by atoms with van der Waals surface area (Å²) in [6.45, 7) is 10.7. The first-order valence-electron chi connectivity index (χ1n) is 6.99. The van der Waals surface area contributed by atoms with Gasteiger partial charge in [0.1, 0.15) is 5.56 Å². The molecule has 0 fully saturated rings. The molecule has 0 aliphatic rings. The fourth-order valence-corrected chi connectivity index (χ4v) is 3.03. The van der Waals surface area contributed by atoms with E-state index in [2.05, 4.69) is 10.3 Å². The van der Waals surface area contributed by atoms with Crippen LogP contribution in [0.3, 0.4) is 0 Å². The third kappa shape index (κ3) is 3.15. The first kappa shape index (κ1) is 15.7. The number of hydrogen-bond donors (Lipinski definition) is 1. The third-order valence-corrected chi connectivity index (χ3v) is 3.97. The summed E-state index contributed by atoms with van der Waals surface area (Å²) in [5.41, 5.74) is 0.486. The predicted molar refractivity (Wildman–Crippen MR) is 85.2 cm³/mol. The first-order valence-corrected chi connectivity index (χ1v) is 7.87. The molecule has 5 nitrogen and oxygen atoms in total. The monoisotopic (exact) mass is 307 g/mol. The molecular weight excluding hydrogens is 286 g/mol. The van der Waals surface area contributed by atoms with Gasteiger partial charge in [-0.25, -0.2) is 4.98 Å². The Morgan fingerprint density at radius 1 is 1.43 bits per heavy atom. The summed E-state index contributed by atoms with van der Waals surface area (Å²) in [4.78, 5) is 29.6. The van der Waals surface area contributed by atoms with Crippen molar-refractivity contribution < 1.29 is 4.79 Å². The maximum Gasteiger partial charge on any atom is 0.271 e. The number of nitrogens with one attached hydrogen (secondary N) is 1. The molecular formula is C15H21N3O2S. The maximum absolute atomic E-state index is 12.6. The number of aromatic nitrogens is 2. The molecule has 1 amide bonds. The van der Waals surface area contributed by atoms with Crippen molar-refractivity contribution in [3.63, 3.8) is 0 Å². The summed E-state index contributed by atoms with van der Waals surface area (Å²) in [6, 6.07) is 0. The van der Waals surface area contributed by atoms with E-state index >= 15 is 0 Å². The van der Waals surface area contributed by atoms with Crippen LogP contribution in [0, 0.1) is 5.92 Å². The lowest BCUT2D eigenvalue weighted by atomic mass is 9.93. The highest BCUT2D eigenvalue weighted by Crippen LogP contribution is 2.25. The second kappa shape index (κ2) is 5.60. The number of thiazole rings is 1. The molecule has 2 heterocycles. The van der Waals surface area contributed by atoms with Crippen LogP contribution in [-0.4, -0.2) is 21.8 Å². The lowest BCUT2D eigenvalue weighted by Crippen LogP contribution is -2.34. The Hall–Kier alpha value is -1.69. The van der Waals surface area contributed by atoms with Crippen LogP contribution in [0.5, 0.6) is 0 Å². The highest BCUT2D eigenvalue weighted by Gasteiger charge is 2.22. The Morgan fingerprint density at radius 2 is 2.10 bits per heavy atom. The highest BCUT2D eigenvalue weighted by molar-refractivity contribution is 7.15. The summed E-state index contributed by atoms with van der Waals surface area (Å²) in [7, 11) is 0. The number of amides is 1. The van der Waals surface area contributed by atoms with Crippen LogP contribution in [0.15, 0.2) is 16.4 Å². The van der Waals surface area contributed by atoms with E-state index in [1.54, 1.807) is 4.40 Å². The van der Waals surface area contributed by atoms with Crippen LogP contribution in [-0.2, 0) is 5.41 Å². The maximum atomic E-state index is 12.6. The van der Waals surface area contributed by atoms with Crippen molar-refractivity contribution in [2.75, 3.05) is 6.54 Å². The highest BCUT2D eigenvalue weighted by atomic mass is 32.1. The van der Waals surface area contributed by atoms with Gasteiger partial charge in [-0.3, -0.25) is 14.0 Å². The summed E-state index contributed by atoms with van der Waals surface area (Å²) in [5.74, 6) is -0.0265. The quantitative estimate of drug-likeness (QED) is 0.947. The predicted octanol–water partition coefficient (Wildman–Crippen LogP) is 2.44. The Labute approximate surface area is 128 Å². The second-order valence-corrected chi connectivity index (χ2v) is 7.41. The van der Waals surface area contributed by atoms with E-state index < -0.39 is 0 Å². The molecule has 0 aliphatic carbocycles. The van der Waals surface area contributed by atoms with Gasteiger partial charge in [0.15, 0.2) is 4.96 Å². The van der Waals surface area contributed by atoms with E-state index in [1.165, 1.54) is 17.5 Å². The largest absolute Gasteiger partial charge is 0.352 e. The molecule has 0 unspecified atom stereocenters. The summed E-state index contributed by atoms with van der Waals surface area (Å²) in [6.07, 6.45) is 1.37. The average molecular weight is 307 g/mol. The Kier molecular flexibility index (Phi) is 4.18. The molecule has 0 aliphatic heterocycles. The van der Waals surface area contributed by atoms with Gasteiger partial charge in [0, 0.05) is 29.2 Å². The van der Waals surface area contributed by atoms with Crippen molar-refractivity contribution in [1.29, 1.82) is 0 Å². The standard InChI is InChI=1S/C15H21N3O2S/c1-9(2)6-16-12(19)10-7-17-14-18(13(10)20)11(8-21-14)15(3,4)5/h7-9H,6H2,1-5H3,(H,16,19). The molecule has 6 heteroatoms. The van der Waals surface area contributed by atoms with Crippen molar-refractivity contribution in [2.45, 2.75) is 40.0 Å². The summed E-state index contributed by atoms with van der Waals surface area (Å²) in [5, 5.41) is 4.70. The first-order chi connectivity index (χ1) is 9.71. The van der Waals surface area contributed by atoms with Gasteiger partial charge in [0.2, 0.25) is 0 Å². The second-order valence-electron chi connectivity index (χ2n) is 6.57. The topological polar surface area (TPSA) is 63.5 Å². The van der Waals surface area contributed by atoms with Crippen LogP contribution in [0.4, 0.5) is 0 Å². The lowest BCUT2D eigenvalue weighted by molar-refractivity contribution is 0.0947. The van der Waals surface area contributed by atoms with Crippen LogP contribution >= 0.6 is 11.3 Å². The van der Waals surface area contributed by atoms with Crippen LogP contribution in [0.25, 0.3) is 4.96 Å². The zero-order valence-corrected chi connectivity index (χ0v) is 13.9. The molecule has 0 spiro atoms. The molecule has 0 atom stereocenters. The molecule has 0 aromatic carbocycles. The number of rotatable bonds is 3. The van der Waals surface area contributed by atoms with Crippen molar-refractivity contribution in [3.8, 4) is 0 Å². The van der Waals surface area contributed by atoms with E-state index in [1.807, 2.05) is 40.0 Å². The number of fused-ring (bicyclic) bond motifs is 1. The van der Waals surface area contributed by atoms with Crippen LogP contribution in [0.1, 0.15) is 50.7 Å². The van der Waals surface area contributed by atoms with E-state index in [0.717, 1.165) is 5.69 Å². The minimum absolute atomic E-state index is 0.0945. The van der Waals surface area contributed by atoms with Gasteiger partial charge in [-0.2, -0.15) is 0 Å². The van der Waals surface area contributed by atoms with Crippen molar-refractivity contribution >= 4 is 22.2 Å². The summed E-state index contributed by atoms with van der Waals surface area (Å²) >= 11 is 1.41. The van der Waals surface area contributed by atoms with Crippen molar-refractivity contribution in [3.05, 3.63) is 33.2 Å². The van der Waals surface area contributed by atoms with E-state index in [-0.39, 0.29) is 22.4 Å². The zero-order valence-electron chi connectivity index (χ0n) is 13.1. The lowest BCUT2D eigenvalue weighted by Gasteiger charge is -2.17. The number of carbonyl (C=O) groups excluding carboxylic acids is 1. The smallest absolute Gasteiger partial charge is 0.271 e. The third-order valence-electron chi connectivity index (χ3n) is 3.13. The Morgan fingerprint density at radius 3 is 2.67 bits per heavy atom. The average Bonchev–Trinajstić information content (AvgIpc) is 2.81. The van der Waals surface area contributed by atoms with Gasteiger partial charge in [-0.15, -0.1) is 11.3 Å². The van der Waals surface area contributed by atoms with E-state index in [4.69, 9.17) is 0 Å². The minimum Gasteiger partial charge on any atom is -0.352 e. The normalized spacial score (nSPS) is 12.1. The van der Waals surface area contributed by atoms with Gasteiger partial charge in [0.25, 0.3) is 11.5 Å². The van der Waals surface area contributed by atoms with Crippen molar-refractivity contribution in [2.24, 2.45) is 5.92 Å². The molecule has 2 rings (SSSR count). The molecule has 0 saturated heterocycles. The minimum atomic E-state index is -0.360. The molecule has 0 saturated carbocycles. The molecule has 0 bridgehead atoms. The van der Waals surface area contributed by atoms with Gasteiger partial charge in [-0.1, -0.05) is 34.6 Å². The Bertz CT molecular complexity index is 723. The van der Waals surface area contributed by atoms with E-state index in [0.29, 0.717) is 17.4 Å². The number of hydrogen-bond acceptors (Lipinski definition) is 4. The zero-order chi connectivity index (χ0) is 15.8. The Balaban J connectivity index is 2.51. The number of carbonyl (C=O) groups is 1. The van der Waals surface area contributed by atoms with E-state index in [9.17, 15) is 9.59 Å². The SMILES string of the molecule is CC(C)CNC(=O)c1cnc2scc(C(C)(C)C)n2c1=O. The molecule has 114 valence electrons. The number of nitrogens with zero attached hydrogens (tertiary/aromatic N) is 2. The molecule has 21 heavy (non-hydrogen) atoms. The van der Waals surface area contributed by atoms with Crippen LogP contribution < -0.4 is 10.9 Å². The molecule has 2 aromatic rings. The fraction of sp³-hybridized carbons (Fsp3) is 0.533.